The third-order valence-electron chi connectivity index (χ3n) is 5.05. The highest BCUT2D eigenvalue weighted by Crippen LogP contribution is 2.43. The lowest BCUT2D eigenvalue weighted by Gasteiger charge is -2.38. The van der Waals surface area contributed by atoms with Crippen molar-refractivity contribution in [3.8, 4) is 0 Å². The van der Waals surface area contributed by atoms with Gasteiger partial charge in [-0.05, 0) is 50.6 Å². The standard InChI is InChI=1S/C16H30N2O/c1-4-12-18(13-7-10-17-11-8-13)15(19)14-6-5-9-16(14,2)3/h13-14,17H,4-12H2,1-3H3. The summed E-state index contributed by atoms with van der Waals surface area (Å²) in [6, 6.07) is 0.477. The van der Waals surface area contributed by atoms with Crippen molar-refractivity contribution in [3.05, 3.63) is 0 Å². The Morgan fingerprint density at radius 1 is 1.26 bits per heavy atom. The number of carbonyl (C=O) groups excluding carboxylic acids is 1. The maximum absolute atomic E-state index is 13.0. The number of hydrogen-bond acceptors (Lipinski definition) is 2. The van der Waals surface area contributed by atoms with Crippen molar-refractivity contribution in [1.82, 2.24) is 10.2 Å². The van der Waals surface area contributed by atoms with Gasteiger partial charge in [-0.2, -0.15) is 0 Å². The average molecular weight is 266 g/mol. The largest absolute Gasteiger partial charge is 0.339 e. The van der Waals surface area contributed by atoms with Gasteiger partial charge in [0.05, 0.1) is 0 Å². The molecule has 0 radical (unpaired) electrons. The molecule has 1 saturated heterocycles. The normalized spacial score (nSPS) is 27.4. The molecule has 3 heteroatoms. The summed E-state index contributed by atoms with van der Waals surface area (Å²) in [5, 5.41) is 3.40. The Balaban J connectivity index is 2.07. The number of rotatable bonds is 4. The van der Waals surface area contributed by atoms with Crippen molar-refractivity contribution < 1.29 is 4.79 Å². The van der Waals surface area contributed by atoms with Crippen LogP contribution in [0, 0.1) is 11.3 Å². The fourth-order valence-corrected chi connectivity index (χ4v) is 3.82. The number of amides is 1. The van der Waals surface area contributed by atoms with Gasteiger partial charge in [0.1, 0.15) is 0 Å². The van der Waals surface area contributed by atoms with E-state index in [-0.39, 0.29) is 11.3 Å². The Labute approximate surface area is 118 Å². The summed E-state index contributed by atoms with van der Waals surface area (Å²) in [5.74, 6) is 0.699. The molecule has 1 amide bonds. The van der Waals surface area contributed by atoms with Crippen molar-refractivity contribution in [2.24, 2.45) is 11.3 Å². The van der Waals surface area contributed by atoms with Crippen LogP contribution < -0.4 is 5.32 Å². The van der Waals surface area contributed by atoms with Crippen molar-refractivity contribution in [2.45, 2.75) is 65.3 Å². The van der Waals surface area contributed by atoms with Crippen LogP contribution in [0.25, 0.3) is 0 Å². The fraction of sp³-hybridized carbons (Fsp3) is 0.938. The molecular formula is C16H30N2O. The number of nitrogens with zero attached hydrogens (tertiary/aromatic N) is 1. The number of nitrogens with one attached hydrogen (secondary N) is 1. The predicted octanol–water partition coefficient (Wildman–Crippen LogP) is 2.80. The minimum atomic E-state index is 0.204. The quantitative estimate of drug-likeness (QED) is 0.848. The number of piperidine rings is 1. The van der Waals surface area contributed by atoms with Crippen LogP contribution in [0.3, 0.4) is 0 Å². The van der Waals surface area contributed by atoms with E-state index in [4.69, 9.17) is 0 Å². The maximum Gasteiger partial charge on any atom is 0.226 e. The fourth-order valence-electron chi connectivity index (χ4n) is 3.82. The van der Waals surface area contributed by atoms with E-state index in [9.17, 15) is 4.79 Å². The van der Waals surface area contributed by atoms with Crippen LogP contribution in [0.15, 0.2) is 0 Å². The maximum atomic E-state index is 13.0. The summed E-state index contributed by atoms with van der Waals surface area (Å²) >= 11 is 0. The lowest BCUT2D eigenvalue weighted by atomic mass is 9.80. The van der Waals surface area contributed by atoms with E-state index >= 15 is 0 Å². The van der Waals surface area contributed by atoms with Crippen molar-refractivity contribution in [2.75, 3.05) is 19.6 Å². The van der Waals surface area contributed by atoms with E-state index < -0.39 is 0 Å². The van der Waals surface area contributed by atoms with Gasteiger partial charge in [0.25, 0.3) is 0 Å². The van der Waals surface area contributed by atoms with Crippen LogP contribution in [0.2, 0.25) is 0 Å². The van der Waals surface area contributed by atoms with Crippen molar-refractivity contribution >= 4 is 5.91 Å². The first-order valence-corrected chi connectivity index (χ1v) is 8.07. The Hall–Kier alpha value is -0.570. The van der Waals surface area contributed by atoms with Crippen molar-refractivity contribution in [1.29, 1.82) is 0 Å². The summed E-state index contributed by atoms with van der Waals surface area (Å²) < 4.78 is 0. The summed E-state index contributed by atoms with van der Waals surface area (Å²) in [4.78, 5) is 15.2. The smallest absolute Gasteiger partial charge is 0.226 e. The molecule has 1 N–H and O–H groups in total. The molecule has 1 saturated carbocycles. The molecule has 1 atom stereocenters. The lowest BCUT2D eigenvalue weighted by molar-refractivity contribution is -0.141. The first kappa shape index (κ1) is 14.8. The molecule has 2 fully saturated rings. The molecule has 0 aromatic rings. The topological polar surface area (TPSA) is 32.3 Å². The minimum absolute atomic E-state index is 0.204. The molecule has 1 unspecified atom stereocenters. The van der Waals surface area contributed by atoms with Crippen LogP contribution >= 0.6 is 0 Å². The first-order chi connectivity index (χ1) is 9.06. The third-order valence-corrected chi connectivity index (χ3v) is 5.05. The molecule has 1 heterocycles. The minimum Gasteiger partial charge on any atom is -0.339 e. The summed E-state index contributed by atoms with van der Waals surface area (Å²) in [7, 11) is 0. The highest BCUT2D eigenvalue weighted by Gasteiger charge is 2.42. The molecule has 0 bridgehead atoms. The van der Waals surface area contributed by atoms with E-state index in [2.05, 4.69) is 31.0 Å². The van der Waals surface area contributed by atoms with E-state index in [0.29, 0.717) is 11.9 Å². The van der Waals surface area contributed by atoms with Crippen LogP contribution in [-0.4, -0.2) is 36.5 Å². The highest BCUT2D eigenvalue weighted by atomic mass is 16.2. The lowest BCUT2D eigenvalue weighted by Crippen LogP contribution is -2.49. The molecule has 110 valence electrons. The Kier molecular flexibility index (Phi) is 4.88. The van der Waals surface area contributed by atoms with E-state index in [1.165, 1.54) is 12.8 Å². The third kappa shape index (κ3) is 3.31. The van der Waals surface area contributed by atoms with Crippen LogP contribution in [0.1, 0.15) is 59.3 Å². The van der Waals surface area contributed by atoms with E-state index in [1.807, 2.05) is 0 Å². The Bertz CT molecular complexity index is 308. The molecule has 2 rings (SSSR count). The summed E-state index contributed by atoms with van der Waals surface area (Å²) in [6.07, 6.45) is 6.84. The second kappa shape index (κ2) is 6.25. The zero-order valence-electron chi connectivity index (χ0n) is 12.9. The molecule has 0 aromatic carbocycles. The second-order valence-electron chi connectivity index (χ2n) is 6.95. The predicted molar refractivity (Wildman–Crippen MR) is 79.0 cm³/mol. The van der Waals surface area contributed by atoms with Gasteiger partial charge >= 0.3 is 0 Å². The van der Waals surface area contributed by atoms with Crippen LogP contribution in [0.5, 0.6) is 0 Å². The summed E-state index contributed by atoms with van der Waals surface area (Å²) in [6.45, 7) is 9.79. The molecule has 3 nitrogen and oxygen atoms in total. The van der Waals surface area contributed by atoms with Gasteiger partial charge in [-0.3, -0.25) is 4.79 Å². The van der Waals surface area contributed by atoms with E-state index in [1.54, 1.807) is 0 Å². The van der Waals surface area contributed by atoms with Gasteiger partial charge < -0.3 is 10.2 Å². The molecular weight excluding hydrogens is 236 g/mol. The van der Waals surface area contributed by atoms with Gasteiger partial charge in [-0.15, -0.1) is 0 Å². The molecule has 1 aliphatic carbocycles. The van der Waals surface area contributed by atoms with Crippen LogP contribution in [0.4, 0.5) is 0 Å². The van der Waals surface area contributed by atoms with Gasteiger partial charge in [-0.25, -0.2) is 0 Å². The number of carbonyl (C=O) groups is 1. The van der Waals surface area contributed by atoms with Gasteiger partial charge in [0.2, 0.25) is 5.91 Å². The SMILES string of the molecule is CCCN(C(=O)C1CCCC1(C)C)C1CCNCC1. The number of hydrogen-bond donors (Lipinski definition) is 1. The summed E-state index contributed by atoms with van der Waals surface area (Å²) in [5.41, 5.74) is 0.204. The molecule has 1 aliphatic heterocycles. The molecule has 0 spiro atoms. The average Bonchev–Trinajstić information content (AvgIpc) is 2.76. The molecule has 2 aliphatic rings. The zero-order chi connectivity index (χ0) is 13.9. The molecule has 0 aromatic heterocycles. The molecule has 19 heavy (non-hydrogen) atoms. The highest BCUT2D eigenvalue weighted by molar-refractivity contribution is 5.80. The van der Waals surface area contributed by atoms with Crippen LogP contribution in [-0.2, 0) is 4.79 Å². The van der Waals surface area contributed by atoms with E-state index in [0.717, 1.165) is 45.3 Å². The van der Waals surface area contributed by atoms with Gasteiger partial charge in [-0.1, -0.05) is 27.2 Å². The Morgan fingerprint density at radius 2 is 1.95 bits per heavy atom. The Morgan fingerprint density at radius 3 is 2.47 bits per heavy atom. The monoisotopic (exact) mass is 266 g/mol. The zero-order valence-corrected chi connectivity index (χ0v) is 12.9. The van der Waals surface area contributed by atoms with Crippen molar-refractivity contribution in [3.63, 3.8) is 0 Å². The second-order valence-corrected chi connectivity index (χ2v) is 6.95. The van der Waals surface area contributed by atoms with Gasteiger partial charge in [0.15, 0.2) is 0 Å². The first-order valence-electron chi connectivity index (χ1n) is 8.07. The van der Waals surface area contributed by atoms with Gasteiger partial charge in [0, 0.05) is 18.5 Å².